The highest BCUT2D eigenvalue weighted by Gasteiger charge is 1.86. The summed E-state index contributed by atoms with van der Waals surface area (Å²) in [6, 6.07) is -0.127. The van der Waals surface area contributed by atoms with E-state index in [1.54, 1.807) is 0 Å². The molecule has 0 aliphatic carbocycles. The summed E-state index contributed by atoms with van der Waals surface area (Å²) in [5, 5.41) is -0.0856. The molecule has 1 aromatic rings. The lowest BCUT2D eigenvalue weighted by Crippen LogP contribution is -1.88. The minimum absolute atomic E-state index is 0.0648. The van der Waals surface area contributed by atoms with Crippen LogP contribution in [-0.2, 0) is 0 Å². The summed E-state index contributed by atoms with van der Waals surface area (Å²) < 4.78 is 14.0. The number of hydrogen-bond donors (Lipinski definition) is 1. The van der Waals surface area contributed by atoms with Crippen molar-refractivity contribution in [3.8, 4) is 0 Å². The molecule has 0 bridgehead atoms. The van der Waals surface area contributed by atoms with E-state index < -0.39 is 0 Å². The summed E-state index contributed by atoms with van der Waals surface area (Å²) >= 11 is 5.38. The van der Waals surface area contributed by atoms with E-state index in [4.69, 9.17) is 20.1 Å². The molecule has 1 aromatic heterocycles. The summed E-state index contributed by atoms with van der Waals surface area (Å²) in [6.45, 7) is 0. The van der Waals surface area contributed by atoms with Crippen LogP contribution in [0.5, 0.6) is 0 Å². The minimum Gasteiger partial charge on any atom is -0.384 e. The number of nitrogen functional groups attached to an aromatic ring is 1. The average molecular weight is 132 g/mol. The summed E-state index contributed by atoms with van der Waals surface area (Å²) in [7, 11) is 0. The van der Waals surface area contributed by atoms with Crippen LogP contribution in [0, 0.1) is 0 Å². The van der Waals surface area contributed by atoms with Crippen LogP contribution in [0.3, 0.4) is 0 Å². The van der Waals surface area contributed by atoms with Crippen LogP contribution in [0.2, 0.25) is 5.15 Å². The second-order valence-corrected chi connectivity index (χ2v) is 1.48. The lowest BCUT2D eigenvalue weighted by molar-refractivity contribution is 1.18. The molecule has 0 aromatic carbocycles. The van der Waals surface area contributed by atoms with Crippen LogP contribution in [-0.4, -0.2) is 9.97 Å². The maximum atomic E-state index is 7.08. The van der Waals surface area contributed by atoms with Gasteiger partial charge in [0.25, 0.3) is 0 Å². The number of nitrogens with zero attached hydrogens (tertiary/aromatic N) is 2. The highest BCUT2D eigenvalue weighted by molar-refractivity contribution is 6.29. The Kier molecular flexibility index (Phi) is 0.796. The van der Waals surface area contributed by atoms with Crippen molar-refractivity contribution in [1.29, 1.82) is 0 Å². The van der Waals surface area contributed by atoms with Crippen LogP contribution >= 0.6 is 11.6 Å². The highest BCUT2D eigenvalue weighted by atomic mass is 35.5. The van der Waals surface area contributed by atoms with Gasteiger partial charge in [-0.25, -0.2) is 9.97 Å². The van der Waals surface area contributed by atoms with Crippen LogP contribution < -0.4 is 5.73 Å². The maximum absolute atomic E-state index is 7.08. The van der Waals surface area contributed by atoms with Gasteiger partial charge in [0, 0.05) is 6.04 Å². The number of anilines is 1. The van der Waals surface area contributed by atoms with E-state index in [1.165, 1.54) is 0 Å². The second-order valence-electron chi connectivity index (χ2n) is 1.12. The molecule has 0 amide bonds. The van der Waals surface area contributed by atoms with Gasteiger partial charge in [0.1, 0.15) is 18.6 Å². The second kappa shape index (κ2) is 1.96. The Morgan fingerprint density at radius 1 is 1.75 bits per heavy atom. The van der Waals surface area contributed by atoms with Crippen molar-refractivity contribution in [3.63, 3.8) is 0 Å². The molecular weight excluding hydrogens is 126 g/mol. The van der Waals surface area contributed by atoms with Crippen LogP contribution in [0.15, 0.2) is 12.3 Å². The van der Waals surface area contributed by atoms with Gasteiger partial charge in [0.05, 0.1) is 1.37 Å². The fourth-order valence-corrected chi connectivity index (χ4v) is 0.419. The van der Waals surface area contributed by atoms with Crippen LogP contribution in [0.25, 0.3) is 0 Å². The average Bonchev–Trinajstić information content (AvgIpc) is 1.82. The van der Waals surface area contributed by atoms with Gasteiger partial charge in [0.2, 0.25) is 0 Å². The first-order valence-electron chi connectivity index (χ1n) is 2.87. The largest absolute Gasteiger partial charge is 0.384 e. The Labute approximate surface area is 54.3 Å². The zero-order valence-electron chi connectivity index (χ0n) is 5.85. The Balaban J connectivity index is 3.31. The van der Waals surface area contributed by atoms with E-state index in [2.05, 4.69) is 9.97 Å². The summed E-state index contributed by atoms with van der Waals surface area (Å²) in [4.78, 5) is 6.78. The number of hydrogen-bond acceptors (Lipinski definition) is 3. The van der Waals surface area contributed by atoms with Gasteiger partial charge in [-0.3, -0.25) is 0 Å². The van der Waals surface area contributed by atoms with E-state index in [1.807, 2.05) is 0 Å². The van der Waals surface area contributed by atoms with Gasteiger partial charge in [-0.15, -0.1) is 0 Å². The Morgan fingerprint density at radius 2 is 2.50 bits per heavy atom. The normalized spacial score (nSPS) is 12.6. The molecule has 42 valence electrons. The van der Waals surface area contributed by atoms with E-state index in [-0.39, 0.29) is 23.3 Å². The third-order valence-corrected chi connectivity index (χ3v) is 0.729. The molecular formula is C4H4ClN3. The monoisotopic (exact) mass is 131 g/mol. The first-order chi connectivity index (χ1) is 4.61. The number of aromatic nitrogens is 2. The Morgan fingerprint density at radius 3 is 3.12 bits per heavy atom. The molecule has 0 saturated heterocycles. The number of rotatable bonds is 0. The molecule has 8 heavy (non-hydrogen) atoms. The minimum atomic E-state index is -0.265. The quantitative estimate of drug-likeness (QED) is 0.528. The molecule has 2 N–H and O–H groups in total. The van der Waals surface area contributed by atoms with Crippen molar-refractivity contribution in [2.75, 3.05) is 5.73 Å². The molecule has 0 fully saturated rings. The third-order valence-electron chi connectivity index (χ3n) is 0.550. The molecule has 0 spiro atoms. The van der Waals surface area contributed by atoms with Crippen LogP contribution in [0.1, 0.15) is 2.74 Å². The molecule has 0 radical (unpaired) electrons. The van der Waals surface area contributed by atoms with Crippen molar-refractivity contribution >= 4 is 17.4 Å². The van der Waals surface area contributed by atoms with Crippen LogP contribution in [0.4, 0.5) is 5.82 Å². The molecule has 0 aliphatic rings. The summed E-state index contributed by atoms with van der Waals surface area (Å²) in [5.74, 6) is -0.0648. The lowest BCUT2D eigenvalue weighted by Gasteiger charge is -1.87. The van der Waals surface area contributed by atoms with E-state index in [0.717, 1.165) is 0 Å². The lowest BCUT2D eigenvalue weighted by atomic mass is 10.6. The molecule has 3 nitrogen and oxygen atoms in total. The van der Waals surface area contributed by atoms with E-state index >= 15 is 0 Å². The molecule has 0 unspecified atom stereocenters. The van der Waals surface area contributed by atoms with Gasteiger partial charge in [0.15, 0.2) is 0 Å². The fraction of sp³-hybridized carbons (Fsp3) is 0. The highest BCUT2D eigenvalue weighted by Crippen LogP contribution is 2.03. The molecule has 0 atom stereocenters. The Hall–Kier alpha value is -0.830. The van der Waals surface area contributed by atoms with Gasteiger partial charge in [-0.1, -0.05) is 11.6 Å². The van der Waals surface area contributed by atoms with E-state index in [0.29, 0.717) is 0 Å². The maximum Gasteiger partial charge on any atom is 0.134 e. The standard InChI is InChI=1S/C4H4ClN3/c5-3-1-4(6)8-2-7-3/h1-2H,(H2,6,7,8)/i1D,2D. The molecule has 1 rings (SSSR count). The Bertz CT molecular complexity index is 242. The smallest absolute Gasteiger partial charge is 0.134 e. The first kappa shape index (κ1) is 3.25. The zero-order chi connectivity index (χ0) is 7.72. The topological polar surface area (TPSA) is 51.8 Å². The molecule has 1 heterocycles. The summed E-state index contributed by atoms with van der Waals surface area (Å²) in [6.07, 6.45) is -0.265. The number of nitrogens with two attached hydrogens (primary N) is 1. The fourth-order valence-electron chi connectivity index (χ4n) is 0.284. The molecule has 0 saturated carbocycles. The van der Waals surface area contributed by atoms with Crippen molar-refractivity contribution < 1.29 is 2.74 Å². The van der Waals surface area contributed by atoms with Crippen molar-refractivity contribution in [3.05, 3.63) is 17.5 Å². The molecule has 4 heteroatoms. The number of halogens is 1. The van der Waals surface area contributed by atoms with Crippen molar-refractivity contribution in [2.45, 2.75) is 0 Å². The summed E-state index contributed by atoms with van der Waals surface area (Å²) in [5.41, 5.74) is 5.18. The third kappa shape index (κ3) is 1.07. The first-order valence-corrected chi connectivity index (χ1v) is 2.25. The molecule has 0 aliphatic heterocycles. The van der Waals surface area contributed by atoms with Crippen molar-refractivity contribution in [1.82, 2.24) is 9.97 Å². The van der Waals surface area contributed by atoms with Gasteiger partial charge >= 0.3 is 0 Å². The van der Waals surface area contributed by atoms with E-state index in [9.17, 15) is 0 Å². The zero-order valence-corrected chi connectivity index (χ0v) is 4.61. The predicted molar refractivity (Wildman–Crippen MR) is 31.5 cm³/mol. The van der Waals surface area contributed by atoms with Crippen molar-refractivity contribution in [2.24, 2.45) is 0 Å². The van der Waals surface area contributed by atoms with Gasteiger partial charge in [-0.2, -0.15) is 0 Å². The van der Waals surface area contributed by atoms with Gasteiger partial charge in [-0.05, 0) is 0 Å². The van der Waals surface area contributed by atoms with Gasteiger partial charge < -0.3 is 5.73 Å². The SMILES string of the molecule is [2H]c1nc(N)c([2H])c(Cl)n1. The predicted octanol–water partition coefficient (Wildman–Crippen LogP) is 0.712.